The quantitative estimate of drug-likeness (QED) is 0.0582. The van der Waals surface area contributed by atoms with Crippen LogP contribution in [0.3, 0.4) is 0 Å². The molecule has 55 heavy (non-hydrogen) atoms. The summed E-state index contributed by atoms with van der Waals surface area (Å²) in [6.07, 6.45) is 0. The van der Waals surface area contributed by atoms with Crippen molar-refractivity contribution in [3.8, 4) is 28.7 Å². The van der Waals surface area contributed by atoms with Crippen LogP contribution in [-0.4, -0.2) is 52.4 Å². The lowest BCUT2D eigenvalue weighted by molar-refractivity contribution is 0.362. The van der Waals surface area contributed by atoms with Gasteiger partial charge >= 0.3 is 0 Å². The highest BCUT2D eigenvalue weighted by molar-refractivity contribution is 7.92. The minimum atomic E-state index is -4.79. The fraction of sp³-hybridized carbons (Fsp3) is 0.118. The number of hydrogen-bond acceptors (Lipinski definition) is 12. The molecule has 13 nitrogen and oxygen atoms in total. The first-order chi connectivity index (χ1) is 25.6. The van der Waals surface area contributed by atoms with E-state index in [4.69, 9.17) is 14.2 Å². The average molecular weight is 847 g/mol. The summed E-state index contributed by atoms with van der Waals surface area (Å²) in [5.74, 6) is -10.3. The highest BCUT2D eigenvalue weighted by Crippen LogP contribution is 2.36. The Kier molecular flexibility index (Phi) is 11.4. The molecule has 5 aromatic carbocycles. The van der Waals surface area contributed by atoms with Gasteiger partial charge in [0.15, 0.2) is 11.6 Å². The molecule has 0 unspecified atom stereocenters. The monoisotopic (exact) mass is 846 g/mol. The lowest BCUT2D eigenvalue weighted by atomic mass is 10.2. The van der Waals surface area contributed by atoms with E-state index in [-0.39, 0.29) is 38.4 Å². The summed E-state index contributed by atoms with van der Waals surface area (Å²) in [5, 5.41) is 0. The minimum absolute atomic E-state index is 0.0684. The van der Waals surface area contributed by atoms with Crippen LogP contribution in [0.15, 0.2) is 109 Å². The molecule has 5 aromatic rings. The maximum Gasteiger partial charge on any atom is 0.300 e. The maximum atomic E-state index is 14.3. The molecule has 0 aliphatic carbocycles. The average Bonchev–Trinajstić information content (AvgIpc) is 3.15. The fourth-order valence-electron chi connectivity index (χ4n) is 4.94. The van der Waals surface area contributed by atoms with Gasteiger partial charge in [-0.15, -0.1) is 0 Å². The second-order valence-electron chi connectivity index (χ2n) is 11.3. The summed E-state index contributed by atoms with van der Waals surface area (Å²) in [7, 11) is -16.0. The summed E-state index contributed by atoms with van der Waals surface area (Å²) in [6, 6.07) is 14.4. The minimum Gasteiger partial charge on any atom is -0.495 e. The van der Waals surface area contributed by atoms with Crippen LogP contribution in [0.1, 0.15) is 11.1 Å². The van der Waals surface area contributed by atoms with Crippen molar-refractivity contribution in [2.45, 2.75) is 37.2 Å². The molecule has 0 saturated heterocycles. The first-order valence-corrected chi connectivity index (χ1v) is 21.0. The molecule has 0 radical (unpaired) electrons. The van der Waals surface area contributed by atoms with E-state index < -0.39 is 94.9 Å². The number of halogens is 4. The Hall–Kier alpha value is -5.06. The van der Waals surface area contributed by atoms with Gasteiger partial charge in [-0.05, 0) is 91.9 Å². The van der Waals surface area contributed by atoms with Gasteiger partial charge in [-0.1, -0.05) is 0 Å². The number of methoxy groups -OCH3 is 1. The fourth-order valence-corrected chi connectivity index (χ4v) is 9.08. The molecule has 0 spiro atoms. The van der Waals surface area contributed by atoms with E-state index in [9.17, 15) is 55.8 Å². The number of ether oxygens (including phenoxy) is 3. The summed E-state index contributed by atoms with van der Waals surface area (Å²) in [6.45, 7) is 0.830. The van der Waals surface area contributed by atoms with Crippen molar-refractivity contribution in [2.75, 3.05) is 14.2 Å². The molecule has 0 fully saturated rings. The molecule has 292 valence electrons. The first-order valence-electron chi connectivity index (χ1n) is 15.1. The van der Waals surface area contributed by atoms with Crippen molar-refractivity contribution >= 4 is 39.9 Å². The standard InChI is InChI=1S/C34H26F4O13S4/c1-19-30(35)32(37)34(33(38)31(19)36)51-22-6-10-24(11-7-22)53(42,43)23-8-4-21(5-9-23)50-27-14-12-25(16-20(27)18-52(39,40)41)54(44,45)26-13-15-28(48-2)29(17-26)55(46,47)49-3/h4-17H,18H2,1-3H3,(H,39,40,41). The molecule has 0 aromatic heterocycles. The number of sulfone groups is 2. The molecule has 0 atom stereocenters. The molecule has 0 saturated carbocycles. The van der Waals surface area contributed by atoms with E-state index >= 15 is 0 Å². The van der Waals surface area contributed by atoms with E-state index in [2.05, 4.69) is 4.18 Å². The van der Waals surface area contributed by atoms with Gasteiger partial charge in [-0.25, -0.2) is 25.6 Å². The van der Waals surface area contributed by atoms with Crippen molar-refractivity contribution in [2.24, 2.45) is 0 Å². The molecule has 0 heterocycles. The Morgan fingerprint density at radius 1 is 0.564 bits per heavy atom. The van der Waals surface area contributed by atoms with E-state index in [0.29, 0.717) is 0 Å². The third-order valence-corrected chi connectivity index (χ3v) is 13.3. The zero-order chi connectivity index (χ0) is 40.7. The van der Waals surface area contributed by atoms with Crippen molar-refractivity contribution < 1.29 is 74.2 Å². The van der Waals surface area contributed by atoms with Gasteiger partial charge in [0, 0.05) is 11.1 Å². The van der Waals surface area contributed by atoms with Gasteiger partial charge in [0.2, 0.25) is 37.1 Å². The van der Waals surface area contributed by atoms with Crippen LogP contribution in [-0.2, 0) is 49.8 Å². The third-order valence-electron chi connectivity index (χ3n) is 7.77. The predicted molar refractivity (Wildman–Crippen MR) is 184 cm³/mol. The number of hydrogen-bond donors (Lipinski definition) is 1. The summed E-state index contributed by atoms with van der Waals surface area (Å²) in [5.41, 5.74) is -1.25. The van der Waals surface area contributed by atoms with E-state index in [0.717, 1.165) is 93.9 Å². The number of rotatable bonds is 13. The second kappa shape index (κ2) is 15.2. The van der Waals surface area contributed by atoms with E-state index in [1.807, 2.05) is 0 Å². The lowest BCUT2D eigenvalue weighted by Crippen LogP contribution is -2.09. The van der Waals surface area contributed by atoms with Crippen molar-refractivity contribution in [3.05, 3.63) is 119 Å². The predicted octanol–water partition coefficient (Wildman–Crippen LogP) is 6.53. The zero-order valence-electron chi connectivity index (χ0n) is 28.3. The van der Waals surface area contributed by atoms with Gasteiger partial charge in [0.1, 0.15) is 33.6 Å². The Morgan fingerprint density at radius 2 is 1.00 bits per heavy atom. The first kappa shape index (κ1) is 41.1. The molecule has 5 rings (SSSR count). The Bertz CT molecular complexity index is 2730. The van der Waals surface area contributed by atoms with Crippen LogP contribution in [0.5, 0.6) is 28.7 Å². The largest absolute Gasteiger partial charge is 0.495 e. The molecule has 0 bridgehead atoms. The second-order valence-corrected chi connectivity index (χ2v) is 18.3. The third kappa shape index (κ3) is 8.45. The molecular weight excluding hydrogens is 821 g/mol. The Labute approximate surface area is 312 Å². The van der Waals surface area contributed by atoms with Gasteiger partial charge in [0.25, 0.3) is 20.2 Å². The Balaban J connectivity index is 1.41. The summed E-state index contributed by atoms with van der Waals surface area (Å²) >= 11 is 0. The highest BCUT2D eigenvalue weighted by atomic mass is 32.2. The maximum absolute atomic E-state index is 14.3. The molecule has 0 aliphatic heterocycles. The topological polar surface area (TPSA) is 194 Å². The summed E-state index contributed by atoms with van der Waals surface area (Å²) < 4.78 is 188. The van der Waals surface area contributed by atoms with Crippen LogP contribution in [0, 0.1) is 30.2 Å². The molecule has 1 N–H and O–H groups in total. The van der Waals surface area contributed by atoms with Crippen molar-refractivity contribution in [1.29, 1.82) is 0 Å². The van der Waals surface area contributed by atoms with Gasteiger partial charge in [-0.2, -0.15) is 25.6 Å². The SMILES string of the molecule is COc1ccc(S(=O)(=O)c2ccc(Oc3ccc(S(=O)(=O)c4ccc(Oc5c(F)c(F)c(C)c(F)c5F)cc4)cc3)c(CS(=O)(=O)O)c2)cc1S(=O)(=O)OC. The van der Waals surface area contributed by atoms with E-state index in [1.54, 1.807) is 0 Å². The van der Waals surface area contributed by atoms with Gasteiger partial charge in [-0.3, -0.25) is 8.74 Å². The molecule has 21 heteroatoms. The van der Waals surface area contributed by atoms with E-state index in [1.165, 1.54) is 12.1 Å². The van der Waals surface area contributed by atoms with Crippen molar-refractivity contribution in [1.82, 2.24) is 0 Å². The van der Waals surface area contributed by atoms with Crippen LogP contribution in [0.4, 0.5) is 17.6 Å². The molecule has 0 amide bonds. The van der Waals surface area contributed by atoms with Crippen molar-refractivity contribution in [3.63, 3.8) is 0 Å². The molecular formula is C34H26F4O13S4. The number of benzene rings is 5. The van der Waals surface area contributed by atoms with Crippen LogP contribution in [0.2, 0.25) is 0 Å². The zero-order valence-corrected chi connectivity index (χ0v) is 31.5. The van der Waals surface area contributed by atoms with Gasteiger partial charge in [0.05, 0.1) is 33.8 Å². The highest BCUT2D eigenvalue weighted by Gasteiger charge is 2.28. The van der Waals surface area contributed by atoms with Crippen LogP contribution >= 0.6 is 0 Å². The smallest absolute Gasteiger partial charge is 0.300 e. The lowest BCUT2D eigenvalue weighted by Gasteiger charge is -2.14. The summed E-state index contributed by atoms with van der Waals surface area (Å²) in [4.78, 5) is -2.27. The van der Waals surface area contributed by atoms with Crippen LogP contribution in [0.25, 0.3) is 0 Å². The molecule has 0 aliphatic rings. The van der Waals surface area contributed by atoms with Gasteiger partial charge < -0.3 is 14.2 Å². The normalized spacial score (nSPS) is 12.4. The van der Waals surface area contributed by atoms with Crippen LogP contribution < -0.4 is 14.2 Å². The Morgan fingerprint density at radius 3 is 1.47 bits per heavy atom.